The Morgan fingerprint density at radius 2 is 2.32 bits per heavy atom. The van der Waals surface area contributed by atoms with E-state index in [-0.39, 0.29) is 11.3 Å². The largest absolute Gasteiger partial charge is 0.479 e. The van der Waals surface area contributed by atoms with Crippen LogP contribution in [0, 0.1) is 0 Å². The Balaban J connectivity index is 1.69. The summed E-state index contributed by atoms with van der Waals surface area (Å²) in [6, 6.07) is 4.91. The molecule has 2 aliphatic rings. The van der Waals surface area contributed by atoms with Gasteiger partial charge in [-0.05, 0) is 23.1 Å². The summed E-state index contributed by atoms with van der Waals surface area (Å²) >= 11 is 1.53. The summed E-state index contributed by atoms with van der Waals surface area (Å²) in [5.41, 5.74) is 2.65. The summed E-state index contributed by atoms with van der Waals surface area (Å²) < 4.78 is 1.76. The summed E-state index contributed by atoms with van der Waals surface area (Å²) in [5, 5.41) is 15.7. The molecule has 1 fully saturated rings. The van der Waals surface area contributed by atoms with Crippen LogP contribution in [0.15, 0.2) is 41.6 Å². The van der Waals surface area contributed by atoms with E-state index in [9.17, 15) is 14.7 Å². The van der Waals surface area contributed by atoms with Gasteiger partial charge in [0.15, 0.2) is 6.04 Å². The van der Waals surface area contributed by atoms with Crippen molar-refractivity contribution < 1.29 is 14.7 Å². The predicted molar refractivity (Wildman–Crippen MR) is 81.2 cm³/mol. The van der Waals surface area contributed by atoms with Crippen LogP contribution in [0.3, 0.4) is 0 Å². The smallest absolute Gasteiger partial charge is 0.330 e. The number of carbonyl (C=O) groups is 2. The first-order valence-corrected chi connectivity index (χ1v) is 7.89. The fourth-order valence-corrected chi connectivity index (χ4v) is 4.15. The monoisotopic (exact) mass is 315 g/mol. The fourth-order valence-electron chi connectivity index (χ4n) is 2.99. The second-order valence-corrected chi connectivity index (χ2v) is 6.46. The molecule has 2 aliphatic heterocycles. The quantitative estimate of drug-likeness (QED) is 0.869. The van der Waals surface area contributed by atoms with Crippen LogP contribution < -0.4 is 0 Å². The molecule has 112 valence electrons. The number of carboxylic acids is 1. The van der Waals surface area contributed by atoms with Gasteiger partial charge in [-0.25, -0.2) is 9.31 Å². The van der Waals surface area contributed by atoms with E-state index in [1.165, 1.54) is 16.7 Å². The summed E-state index contributed by atoms with van der Waals surface area (Å²) in [7, 11) is 0. The van der Waals surface area contributed by atoms with E-state index in [0.29, 0.717) is 12.8 Å². The van der Waals surface area contributed by atoms with Gasteiger partial charge in [-0.15, -0.1) is 11.8 Å². The highest BCUT2D eigenvalue weighted by molar-refractivity contribution is 8.02. The average Bonchev–Trinajstić information content (AvgIpc) is 2.90. The van der Waals surface area contributed by atoms with Crippen molar-refractivity contribution in [1.82, 2.24) is 14.5 Å². The molecule has 0 aliphatic carbocycles. The third-order valence-corrected chi connectivity index (χ3v) is 5.23. The second kappa shape index (κ2) is 4.88. The highest BCUT2D eigenvalue weighted by atomic mass is 32.2. The van der Waals surface area contributed by atoms with E-state index in [1.807, 2.05) is 29.8 Å². The van der Waals surface area contributed by atoms with Gasteiger partial charge in [0, 0.05) is 18.2 Å². The van der Waals surface area contributed by atoms with Gasteiger partial charge in [-0.3, -0.25) is 4.79 Å². The van der Waals surface area contributed by atoms with Crippen LogP contribution in [-0.2, 0) is 16.0 Å². The van der Waals surface area contributed by atoms with Gasteiger partial charge in [0.2, 0.25) is 5.91 Å². The summed E-state index contributed by atoms with van der Waals surface area (Å²) in [5.74, 6) is -1.06. The third kappa shape index (κ3) is 1.93. The lowest BCUT2D eigenvalue weighted by Gasteiger charge is -2.46. The van der Waals surface area contributed by atoms with Gasteiger partial charge < -0.3 is 10.0 Å². The zero-order valence-electron chi connectivity index (χ0n) is 11.5. The molecule has 0 saturated carbocycles. The minimum absolute atomic E-state index is 0.0266. The predicted octanol–water partition coefficient (Wildman–Crippen LogP) is 1.52. The highest BCUT2D eigenvalue weighted by Gasteiger charge is 2.47. The SMILES string of the molecule is O=C(O)C1C(Cc2cnn3ccccc23)=CSC2CC(=O)N21. The summed E-state index contributed by atoms with van der Waals surface area (Å²) in [6.45, 7) is 0. The first-order valence-electron chi connectivity index (χ1n) is 6.95. The Bertz CT molecular complexity index is 813. The van der Waals surface area contributed by atoms with E-state index in [0.717, 1.165) is 16.7 Å². The lowest BCUT2D eigenvalue weighted by molar-refractivity contribution is -0.156. The van der Waals surface area contributed by atoms with Crippen molar-refractivity contribution in [3.8, 4) is 0 Å². The molecule has 2 aromatic heterocycles. The number of thioether (sulfide) groups is 1. The van der Waals surface area contributed by atoms with E-state index < -0.39 is 12.0 Å². The van der Waals surface area contributed by atoms with Crippen molar-refractivity contribution in [1.29, 1.82) is 0 Å². The maximum atomic E-state index is 11.7. The topological polar surface area (TPSA) is 74.9 Å². The number of carboxylic acid groups (broad SMARTS) is 1. The fraction of sp³-hybridized carbons (Fsp3) is 0.267. The van der Waals surface area contributed by atoms with Crippen molar-refractivity contribution >= 4 is 29.2 Å². The first-order chi connectivity index (χ1) is 10.6. The highest BCUT2D eigenvalue weighted by Crippen LogP contribution is 2.40. The molecular formula is C15H13N3O3S. The molecular weight excluding hydrogens is 302 g/mol. The van der Waals surface area contributed by atoms with Crippen LogP contribution in [0.2, 0.25) is 0 Å². The number of nitrogens with zero attached hydrogens (tertiary/aromatic N) is 3. The number of fused-ring (bicyclic) bond motifs is 2. The van der Waals surface area contributed by atoms with E-state index in [4.69, 9.17) is 0 Å². The van der Waals surface area contributed by atoms with E-state index in [2.05, 4.69) is 5.10 Å². The molecule has 0 radical (unpaired) electrons. The van der Waals surface area contributed by atoms with Gasteiger partial charge in [-0.2, -0.15) is 5.10 Å². The van der Waals surface area contributed by atoms with Crippen molar-refractivity contribution in [3.63, 3.8) is 0 Å². The lowest BCUT2D eigenvalue weighted by Crippen LogP contribution is -2.60. The minimum Gasteiger partial charge on any atom is -0.479 e. The Morgan fingerprint density at radius 3 is 3.09 bits per heavy atom. The van der Waals surface area contributed by atoms with Crippen LogP contribution in [0.25, 0.3) is 5.52 Å². The van der Waals surface area contributed by atoms with E-state index in [1.54, 1.807) is 10.7 Å². The molecule has 1 saturated heterocycles. The van der Waals surface area contributed by atoms with Gasteiger partial charge in [0.25, 0.3) is 0 Å². The number of hydrogen-bond acceptors (Lipinski definition) is 4. The Kier molecular flexibility index (Phi) is 2.97. The average molecular weight is 315 g/mol. The van der Waals surface area contributed by atoms with Crippen molar-refractivity contribution in [2.24, 2.45) is 0 Å². The maximum absolute atomic E-state index is 11.7. The molecule has 4 rings (SSSR count). The van der Waals surface area contributed by atoms with Gasteiger partial charge in [0.05, 0.1) is 23.5 Å². The molecule has 0 aromatic carbocycles. The lowest BCUT2D eigenvalue weighted by atomic mass is 9.96. The molecule has 7 heteroatoms. The maximum Gasteiger partial charge on any atom is 0.330 e. The van der Waals surface area contributed by atoms with Gasteiger partial charge in [-0.1, -0.05) is 6.07 Å². The van der Waals surface area contributed by atoms with Crippen LogP contribution in [0.1, 0.15) is 12.0 Å². The zero-order chi connectivity index (χ0) is 15.3. The Labute approximate surface area is 130 Å². The number of aromatic nitrogens is 2. The van der Waals surface area contributed by atoms with Crippen molar-refractivity contribution in [2.45, 2.75) is 24.3 Å². The number of aliphatic carboxylic acids is 1. The number of hydrogen-bond donors (Lipinski definition) is 1. The molecule has 1 N–H and O–H groups in total. The molecule has 1 amide bonds. The second-order valence-electron chi connectivity index (χ2n) is 5.41. The standard InChI is InChI=1S/C15H13N3O3S/c19-12-6-13-18(12)14(15(20)21)10(8-22-13)5-9-7-16-17-4-2-1-3-11(9)17/h1-4,7-8,13-14H,5-6H2,(H,20,21). The summed E-state index contributed by atoms with van der Waals surface area (Å²) in [4.78, 5) is 24.9. The normalized spacial score (nSPS) is 23.9. The number of β-lactam (4-membered cyclic amide) rings is 1. The molecule has 0 spiro atoms. The van der Waals surface area contributed by atoms with Crippen molar-refractivity contribution in [3.05, 3.63) is 47.1 Å². The number of carbonyl (C=O) groups excluding carboxylic acids is 1. The van der Waals surface area contributed by atoms with Crippen molar-refractivity contribution in [2.75, 3.05) is 0 Å². The van der Waals surface area contributed by atoms with Crippen LogP contribution >= 0.6 is 11.8 Å². The minimum atomic E-state index is -0.971. The summed E-state index contributed by atoms with van der Waals surface area (Å²) in [6.07, 6.45) is 4.51. The number of amides is 1. The Hall–Kier alpha value is -2.28. The molecule has 22 heavy (non-hydrogen) atoms. The molecule has 4 heterocycles. The Morgan fingerprint density at radius 1 is 1.45 bits per heavy atom. The zero-order valence-corrected chi connectivity index (χ0v) is 12.4. The van der Waals surface area contributed by atoms with Gasteiger partial charge in [0.1, 0.15) is 0 Å². The van der Waals surface area contributed by atoms with Crippen LogP contribution in [-0.4, -0.2) is 42.9 Å². The van der Waals surface area contributed by atoms with E-state index >= 15 is 0 Å². The molecule has 2 unspecified atom stereocenters. The number of pyridine rings is 1. The van der Waals surface area contributed by atoms with Gasteiger partial charge >= 0.3 is 5.97 Å². The number of rotatable bonds is 3. The molecule has 6 nitrogen and oxygen atoms in total. The third-order valence-electron chi connectivity index (χ3n) is 4.09. The van der Waals surface area contributed by atoms with Crippen LogP contribution in [0.5, 0.6) is 0 Å². The molecule has 2 atom stereocenters. The first kappa shape index (κ1) is 13.4. The molecule has 0 bridgehead atoms. The van der Waals surface area contributed by atoms with Crippen LogP contribution in [0.4, 0.5) is 0 Å². The molecule has 2 aromatic rings.